The van der Waals surface area contributed by atoms with Crippen LogP contribution in [-0.4, -0.2) is 37.0 Å². The van der Waals surface area contributed by atoms with Crippen molar-refractivity contribution in [1.82, 2.24) is 10.2 Å². The molecule has 1 amide bonds. The lowest BCUT2D eigenvalue weighted by Crippen LogP contribution is -2.46. The molecule has 2 rings (SSSR count). The minimum atomic E-state index is 0.0550. The number of benzene rings is 1. The number of hydrogen-bond acceptors (Lipinski definition) is 3. The van der Waals surface area contributed by atoms with Crippen LogP contribution in [-0.2, 0) is 0 Å². The van der Waals surface area contributed by atoms with Crippen LogP contribution in [0.15, 0.2) is 24.3 Å². The monoisotopic (exact) mass is 243 g/mol. The fraction of sp³-hybridized carbons (Fsp3) is 0.429. The van der Waals surface area contributed by atoms with Crippen LogP contribution in [0.1, 0.15) is 28.8 Å². The molecule has 1 fully saturated rings. The van der Waals surface area contributed by atoms with E-state index in [0.717, 1.165) is 25.9 Å². The molecule has 1 saturated heterocycles. The fourth-order valence-corrected chi connectivity index (χ4v) is 2.27. The summed E-state index contributed by atoms with van der Waals surface area (Å²) >= 11 is 0. The van der Waals surface area contributed by atoms with E-state index in [1.807, 2.05) is 11.9 Å². The van der Waals surface area contributed by atoms with Gasteiger partial charge in [-0.15, -0.1) is 0 Å². The maximum atomic E-state index is 12.3. The third kappa shape index (κ3) is 2.69. The molecule has 0 saturated carbocycles. The van der Waals surface area contributed by atoms with Crippen LogP contribution in [0.25, 0.3) is 0 Å². The quantitative estimate of drug-likeness (QED) is 0.853. The molecule has 1 aromatic rings. The molecule has 0 spiro atoms. The zero-order chi connectivity index (χ0) is 13.0. The Bertz CT molecular complexity index is 461. The zero-order valence-corrected chi connectivity index (χ0v) is 10.5. The summed E-state index contributed by atoms with van der Waals surface area (Å²) in [6, 6.07) is 9.27. The van der Waals surface area contributed by atoms with E-state index in [0.29, 0.717) is 17.2 Å². The summed E-state index contributed by atoms with van der Waals surface area (Å²) in [5, 5.41) is 12.0. The Kier molecular flexibility index (Phi) is 3.96. The van der Waals surface area contributed by atoms with Gasteiger partial charge in [-0.1, -0.05) is 0 Å². The van der Waals surface area contributed by atoms with Crippen molar-refractivity contribution in [2.75, 3.05) is 20.1 Å². The molecular formula is C14H17N3O. The number of likely N-dealkylation sites (tertiary alicyclic amines) is 1. The summed E-state index contributed by atoms with van der Waals surface area (Å²) in [6.07, 6.45) is 2.15. The molecule has 0 aliphatic carbocycles. The van der Waals surface area contributed by atoms with E-state index in [4.69, 9.17) is 5.26 Å². The van der Waals surface area contributed by atoms with Gasteiger partial charge in [-0.25, -0.2) is 0 Å². The lowest BCUT2D eigenvalue weighted by atomic mass is 10.0. The Morgan fingerprint density at radius 3 is 2.78 bits per heavy atom. The standard InChI is InChI=1S/C14H17N3O/c1-16-13-3-2-8-17(10-13)14(18)12-6-4-11(9-15)5-7-12/h4-7,13,16H,2-3,8,10H2,1H3. The van der Waals surface area contributed by atoms with Gasteiger partial charge in [0.1, 0.15) is 0 Å². The predicted molar refractivity (Wildman–Crippen MR) is 69.1 cm³/mol. The Labute approximate surface area is 107 Å². The number of nitrogens with zero attached hydrogens (tertiary/aromatic N) is 2. The molecule has 1 heterocycles. The number of nitriles is 1. The molecule has 1 unspecified atom stereocenters. The largest absolute Gasteiger partial charge is 0.337 e. The van der Waals surface area contributed by atoms with Crippen LogP contribution >= 0.6 is 0 Å². The average Bonchev–Trinajstić information content (AvgIpc) is 2.46. The highest BCUT2D eigenvalue weighted by Crippen LogP contribution is 2.14. The summed E-state index contributed by atoms with van der Waals surface area (Å²) in [5.74, 6) is 0.0550. The molecule has 1 aliphatic rings. The number of rotatable bonds is 2. The van der Waals surface area contributed by atoms with E-state index >= 15 is 0 Å². The van der Waals surface area contributed by atoms with Crippen LogP contribution in [0.3, 0.4) is 0 Å². The smallest absolute Gasteiger partial charge is 0.253 e. The van der Waals surface area contributed by atoms with Gasteiger partial charge in [0.05, 0.1) is 11.6 Å². The second-order valence-electron chi connectivity index (χ2n) is 4.57. The first kappa shape index (κ1) is 12.6. The molecule has 1 aromatic carbocycles. The second kappa shape index (κ2) is 5.65. The summed E-state index contributed by atoms with van der Waals surface area (Å²) in [5.41, 5.74) is 1.24. The van der Waals surface area contributed by atoms with E-state index in [1.165, 1.54) is 0 Å². The van der Waals surface area contributed by atoms with Gasteiger partial charge in [0, 0.05) is 24.7 Å². The number of nitrogens with one attached hydrogen (secondary N) is 1. The highest BCUT2D eigenvalue weighted by molar-refractivity contribution is 5.94. The number of carbonyl (C=O) groups excluding carboxylic acids is 1. The minimum Gasteiger partial charge on any atom is -0.337 e. The third-order valence-corrected chi connectivity index (χ3v) is 3.38. The van der Waals surface area contributed by atoms with Crippen LogP contribution in [0.4, 0.5) is 0 Å². The van der Waals surface area contributed by atoms with E-state index in [1.54, 1.807) is 24.3 Å². The van der Waals surface area contributed by atoms with Crippen molar-refractivity contribution >= 4 is 5.91 Å². The van der Waals surface area contributed by atoms with E-state index in [2.05, 4.69) is 11.4 Å². The van der Waals surface area contributed by atoms with Crippen molar-refractivity contribution in [1.29, 1.82) is 5.26 Å². The first-order valence-corrected chi connectivity index (χ1v) is 6.21. The number of hydrogen-bond donors (Lipinski definition) is 1. The Hall–Kier alpha value is -1.86. The van der Waals surface area contributed by atoms with Gasteiger partial charge in [0.15, 0.2) is 0 Å². The number of likely N-dealkylation sites (N-methyl/N-ethyl adjacent to an activating group) is 1. The van der Waals surface area contributed by atoms with E-state index in [9.17, 15) is 4.79 Å². The number of amides is 1. The molecule has 4 nitrogen and oxygen atoms in total. The molecule has 0 bridgehead atoms. The Morgan fingerprint density at radius 1 is 1.44 bits per heavy atom. The van der Waals surface area contributed by atoms with E-state index < -0.39 is 0 Å². The molecule has 1 atom stereocenters. The molecule has 1 N–H and O–H groups in total. The molecule has 4 heteroatoms. The van der Waals surface area contributed by atoms with Crippen LogP contribution in [0.5, 0.6) is 0 Å². The lowest BCUT2D eigenvalue weighted by molar-refractivity contribution is 0.0698. The predicted octanol–water partition coefficient (Wildman–Crippen LogP) is 1.38. The highest BCUT2D eigenvalue weighted by atomic mass is 16.2. The van der Waals surface area contributed by atoms with Gasteiger partial charge < -0.3 is 10.2 Å². The topological polar surface area (TPSA) is 56.1 Å². The Balaban J connectivity index is 2.08. The lowest BCUT2D eigenvalue weighted by Gasteiger charge is -2.32. The van der Waals surface area contributed by atoms with Gasteiger partial charge in [0.25, 0.3) is 5.91 Å². The SMILES string of the molecule is CNC1CCCN(C(=O)c2ccc(C#N)cc2)C1. The van der Waals surface area contributed by atoms with Crippen LogP contribution < -0.4 is 5.32 Å². The van der Waals surface area contributed by atoms with Gasteiger partial charge in [-0.3, -0.25) is 4.79 Å². The third-order valence-electron chi connectivity index (χ3n) is 3.38. The summed E-state index contributed by atoms with van der Waals surface area (Å²) in [7, 11) is 1.93. The highest BCUT2D eigenvalue weighted by Gasteiger charge is 2.23. The van der Waals surface area contributed by atoms with Gasteiger partial charge in [0.2, 0.25) is 0 Å². The number of piperidine rings is 1. The molecule has 18 heavy (non-hydrogen) atoms. The Morgan fingerprint density at radius 2 is 2.17 bits per heavy atom. The normalized spacial score (nSPS) is 19.3. The minimum absolute atomic E-state index is 0.0550. The van der Waals surface area contributed by atoms with Gasteiger partial charge >= 0.3 is 0 Å². The van der Waals surface area contributed by atoms with Crippen molar-refractivity contribution < 1.29 is 4.79 Å². The first-order chi connectivity index (χ1) is 8.74. The summed E-state index contributed by atoms with van der Waals surface area (Å²) < 4.78 is 0. The maximum absolute atomic E-state index is 12.3. The van der Waals surface area contributed by atoms with E-state index in [-0.39, 0.29) is 5.91 Å². The molecule has 1 aliphatic heterocycles. The van der Waals surface area contributed by atoms with Crippen molar-refractivity contribution in [3.8, 4) is 6.07 Å². The number of carbonyl (C=O) groups is 1. The van der Waals surface area contributed by atoms with Crippen LogP contribution in [0.2, 0.25) is 0 Å². The zero-order valence-electron chi connectivity index (χ0n) is 10.5. The first-order valence-electron chi connectivity index (χ1n) is 6.21. The van der Waals surface area contributed by atoms with Crippen molar-refractivity contribution in [3.05, 3.63) is 35.4 Å². The van der Waals surface area contributed by atoms with Gasteiger partial charge in [-0.2, -0.15) is 5.26 Å². The average molecular weight is 243 g/mol. The summed E-state index contributed by atoms with van der Waals surface area (Å²) in [4.78, 5) is 14.2. The van der Waals surface area contributed by atoms with Crippen molar-refractivity contribution in [2.45, 2.75) is 18.9 Å². The molecule has 0 radical (unpaired) electrons. The molecule has 0 aromatic heterocycles. The van der Waals surface area contributed by atoms with Crippen molar-refractivity contribution in [2.24, 2.45) is 0 Å². The summed E-state index contributed by atoms with van der Waals surface area (Å²) in [6.45, 7) is 1.58. The molecular weight excluding hydrogens is 226 g/mol. The van der Waals surface area contributed by atoms with Crippen molar-refractivity contribution in [3.63, 3.8) is 0 Å². The van der Waals surface area contributed by atoms with Gasteiger partial charge in [-0.05, 0) is 44.2 Å². The molecule has 94 valence electrons. The maximum Gasteiger partial charge on any atom is 0.253 e. The second-order valence-corrected chi connectivity index (χ2v) is 4.57. The fourth-order valence-electron chi connectivity index (χ4n) is 2.27. The van der Waals surface area contributed by atoms with Crippen LogP contribution in [0, 0.1) is 11.3 Å².